The molecule has 0 spiro atoms. The van der Waals surface area contributed by atoms with E-state index in [1.807, 2.05) is 7.05 Å². The molecule has 2 rings (SSSR count). The lowest BCUT2D eigenvalue weighted by Gasteiger charge is -2.17. The van der Waals surface area contributed by atoms with E-state index in [1.165, 1.54) is 12.7 Å². The summed E-state index contributed by atoms with van der Waals surface area (Å²) in [5.41, 5.74) is 1.23. The van der Waals surface area contributed by atoms with E-state index in [2.05, 4.69) is 23.0 Å². The Balaban J connectivity index is 2.04. The summed E-state index contributed by atoms with van der Waals surface area (Å²) in [7, 11) is 3.23. The van der Waals surface area contributed by atoms with Gasteiger partial charge in [-0.05, 0) is 12.0 Å². The maximum absolute atomic E-state index is 11.3. The number of likely N-dealkylation sites (N-methyl/N-ethyl adjacent to an activating group) is 1. The Kier molecular flexibility index (Phi) is 2.88. The predicted octanol–water partition coefficient (Wildman–Crippen LogP) is 1.05. The van der Waals surface area contributed by atoms with Crippen LogP contribution in [0.2, 0.25) is 0 Å². The van der Waals surface area contributed by atoms with E-state index in [4.69, 9.17) is 4.84 Å². The standard InChI is InChI=1S/C11H15NO3/c1-12-9(8-5-3-4-6-8)7-10(15-12)11(13)14-2/h3,5-6,9-10H,4,7H2,1-2H3/t9-,10+/m0/s1. The number of allylic oxidation sites excluding steroid dienone is 2. The monoisotopic (exact) mass is 209 g/mol. The summed E-state index contributed by atoms with van der Waals surface area (Å²) in [5, 5.41) is 1.74. The van der Waals surface area contributed by atoms with Crippen molar-refractivity contribution in [3.05, 3.63) is 23.8 Å². The first-order valence-corrected chi connectivity index (χ1v) is 5.06. The van der Waals surface area contributed by atoms with Crippen molar-refractivity contribution >= 4 is 5.97 Å². The lowest BCUT2D eigenvalue weighted by atomic mass is 10.0. The van der Waals surface area contributed by atoms with Gasteiger partial charge in [-0.1, -0.05) is 18.2 Å². The summed E-state index contributed by atoms with van der Waals surface area (Å²) in [4.78, 5) is 16.7. The lowest BCUT2D eigenvalue weighted by Crippen LogP contribution is -2.25. The average molecular weight is 209 g/mol. The molecule has 0 amide bonds. The molecule has 1 fully saturated rings. The second-order valence-corrected chi connectivity index (χ2v) is 3.76. The first-order chi connectivity index (χ1) is 7.22. The molecule has 4 heteroatoms. The number of esters is 1. The summed E-state index contributed by atoms with van der Waals surface area (Å²) in [6.45, 7) is 0. The van der Waals surface area contributed by atoms with Crippen LogP contribution in [0.5, 0.6) is 0 Å². The minimum Gasteiger partial charge on any atom is -0.467 e. The molecule has 4 nitrogen and oxygen atoms in total. The van der Waals surface area contributed by atoms with E-state index >= 15 is 0 Å². The number of hydrogen-bond donors (Lipinski definition) is 0. The largest absolute Gasteiger partial charge is 0.467 e. The Morgan fingerprint density at radius 1 is 1.67 bits per heavy atom. The van der Waals surface area contributed by atoms with Gasteiger partial charge in [-0.2, -0.15) is 5.06 Å². The van der Waals surface area contributed by atoms with Crippen LogP contribution in [0.4, 0.5) is 0 Å². The molecule has 2 atom stereocenters. The van der Waals surface area contributed by atoms with Crippen LogP contribution in [-0.4, -0.2) is 37.3 Å². The molecule has 2 aliphatic rings. The highest BCUT2D eigenvalue weighted by molar-refractivity contribution is 5.75. The van der Waals surface area contributed by atoms with Gasteiger partial charge in [-0.15, -0.1) is 0 Å². The second kappa shape index (κ2) is 4.16. The summed E-state index contributed by atoms with van der Waals surface area (Å²) in [6, 6.07) is 0.174. The fourth-order valence-electron chi connectivity index (χ4n) is 2.01. The molecule has 0 aromatic heterocycles. The topological polar surface area (TPSA) is 38.8 Å². The normalized spacial score (nSPS) is 30.7. The molecule has 1 aliphatic carbocycles. The van der Waals surface area contributed by atoms with Gasteiger partial charge in [0.1, 0.15) is 0 Å². The Labute approximate surface area is 89.1 Å². The van der Waals surface area contributed by atoms with Crippen molar-refractivity contribution in [1.82, 2.24) is 5.06 Å². The lowest BCUT2D eigenvalue weighted by molar-refractivity contribution is -0.177. The molecule has 0 aromatic carbocycles. The third-order valence-electron chi connectivity index (χ3n) is 2.82. The van der Waals surface area contributed by atoms with Crippen molar-refractivity contribution < 1.29 is 14.4 Å². The number of carbonyl (C=O) groups excluding carboxylic acids is 1. The number of hydrogen-bond acceptors (Lipinski definition) is 4. The van der Waals surface area contributed by atoms with E-state index in [9.17, 15) is 4.79 Å². The first-order valence-electron chi connectivity index (χ1n) is 5.06. The van der Waals surface area contributed by atoms with Crippen LogP contribution >= 0.6 is 0 Å². The van der Waals surface area contributed by atoms with Gasteiger partial charge in [0.2, 0.25) is 0 Å². The van der Waals surface area contributed by atoms with Gasteiger partial charge in [0.05, 0.1) is 13.2 Å². The molecule has 0 N–H and O–H groups in total. The second-order valence-electron chi connectivity index (χ2n) is 3.76. The van der Waals surface area contributed by atoms with Gasteiger partial charge in [-0.25, -0.2) is 4.79 Å². The zero-order chi connectivity index (χ0) is 10.8. The summed E-state index contributed by atoms with van der Waals surface area (Å²) in [6.07, 6.45) is 7.53. The van der Waals surface area contributed by atoms with Crippen LogP contribution in [0, 0.1) is 0 Å². The molecule has 0 radical (unpaired) electrons. The Morgan fingerprint density at radius 3 is 3.07 bits per heavy atom. The molecule has 1 aliphatic heterocycles. The van der Waals surface area contributed by atoms with Gasteiger partial charge >= 0.3 is 5.97 Å². The van der Waals surface area contributed by atoms with E-state index in [0.29, 0.717) is 6.42 Å². The number of rotatable bonds is 2. The van der Waals surface area contributed by atoms with Gasteiger partial charge in [0.25, 0.3) is 0 Å². The van der Waals surface area contributed by atoms with Crippen molar-refractivity contribution in [2.75, 3.05) is 14.2 Å². The molecule has 0 bridgehead atoms. The summed E-state index contributed by atoms with van der Waals surface area (Å²) < 4.78 is 4.67. The van der Waals surface area contributed by atoms with Crippen molar-refractivity contribution in [2.45, 2.75) is 25.0 Å². The van der Waals surface area contributed by atoms with Crippen molar-refractivity contribution in [2.24, 2.45) is 0 Å². The van der Waals surface area contributed by atoms with E-state index in [1.54, 1.807) is 5.06 Å². The van der Waals surface area contributed by atoms with Gasteiger partial charge in [0, 0.05) is 13.5 Å². The predicted molar refractivity (Wildman–Crippen MR) is 54.9 cm³/mol. The SMILES string of the molecule is COC(=O)[C@H]1C[C@@H](C2=CCC=C2)N(C)O1. The Bertz CT molecular complexity index is 322. The third-order valence-corrected chi connectivity index (χ3v) is 2.82. The number of nitrogens with zero attached hydrogens (tertiary/aromatic N) is 1. The molecule has 0 aromatic rings. The van der Waals surface area contributed by atoms with Crippen LogP contribution in [0.15, 0.2) is 23.8 Å². The van der Waals surface area contributed by atoms with Crippen LogP contribution in [0.3, 0.4) is 0 Å². The molecule has 1 heterocycles. The first kappa shape index (κ1) is 10.4. The molecular formula is C11H15NO3. The van der Waals surface area contributed by atoms with Gasteiger partial charge in [-0.3, -0.25) is 4.84 Å². The van der Waals surface area contributed by atoms with Crippen LogP contribution in [0.25, 0.3) is 0 Å². The zero-order valence-electron chi connectivity index (χ0n) is 8.97. The maximum atomic E-state index is 11.3. The van der Waals surface area contributed by atoms with Crippen molar-refractivity contribution in [3.63, 3.8) is 0 Å². The summed E-state index contributed by atoms with van der Waals surface area (Å²) in [5.74, 6) is -0.299. The average Bonchev–Trinajstić information content (AvgIpc) is 2.84. The minimum absolute atomic E-state index is 0.174. The van der Waals surface area contributed by atoms with Crippen LogP contribution < -0.4 is 0 Å². The van der Waals surface area contributed by atoms with Gasteiger partial charge < -0.3 is 4.74 Å². The quantitative estimate of drug-likeness (QED) is 0.637. The van der Waals surface area contributed by atoms with E-state index < -0.39 is 6.10 Å². The number of ether oxygens (including phenoxy) is 1. The molecule has 15 heavy (non-hydrogen) atoms. The molecule has 0 unspecified atom stereocenters. The highest BCUT2D eigenvalue weighted by atomic mass is 16.7. The molecule has 1 saturated heterocycles. The number of hydroxylamine groups is 2. The zero-order valence-corrected chi connectivity index (χ0v) is 8.97. The van der Waals surface area contributed by atoms with Crippen molar-refractivity contribution in [3.8, 4) is 0 Å². The van der Waals surface area contributed by atoms with E-state index in [-0.39, 0.29) is 12.0 Å². The smallest absolute Gasteiger partial charge is 0.337 e. The van der Waals surface area contributed by atoms with Crippen molar-refractivity contribution in [1.29, 1.82) is 0 Å². The van der Waals surface area contributed by atoms with Crippen LogP contribution in [-0.2, 0) is 14.4 Å². The highest BCUT2D eigenvalue weighted by Gasteiger charge is 2.37. The van der Waals surface area contributed by atoms with Gasteiger partial charge in [0.15, 0.2) is 6.10 Å². The number of methoxy groups -OCH3 is 1. The molecular weight excluding hydrogens is 194 g/mol. The number of carbonyl (C=O) groups is 1. The summed E-state index contributed by atoms with van der Waals surface area (Å²) >= 11 is 0. The van der Waals surface area contributed by atoms with Crippen LogP contribution in [0.1, 0.15) is 12.8 Å². The fourth-order valence-corrected chi connectivity index (χ4v) is 2.01. The Morgan fingerprint density at radius 2 is 2.47 bits per heavy atom. The Hall–Kier alpha value is -1.13. The molecule has 0 saturated carbocycles. The fraction of sp³-hybridized carbons (Fsp3) is 0.545. The minimum atomic E-state index is -0.458. The molecule has 82 valence electrons. The third kappa shape index (κ3) is 1.96. The highest BCUT2D eigenvalue weighted by Crippen LogP contribution is 2.28. The maximum Gasteiger partial charge on any atom is 0.337 e. The van der Waals surface area contributed by atoms with E-state index in [0.717, 1.165) is 6.42 Å².